The van der Waals surface area contributed by atoms with Crippen LogP contribution in [0.4, 0.5) is 11.4 Å². The number of benzene rings is 4. The van der Waals surface area contributed by atoms with Crippen LogP contribution in [0.5, 0.6) is 0 Å². The highest BCUT2D eigenvalue weighted by atomic mass is 16.6. The molecular weight excluding hydrogens is 522 g/mol. The number of allylic oxidation sites excluding steroid dienone is 1. The maximum Gasteiger partial charge on any atom is 0.269 e. The van der Waals surface area contributed by atoms with E-state index in [2.05, 4.69) is 5.32 Å². The highest BCUT2D eigenvalue weighted by Crippen LogP contribution is 2.23. The average Bonchev–Trinajstić information content (AvgIpc) is 3.24. The van der Waals surface area contributed by atoms with Crippen molar-refractivity contribution in [3.8, 4) is 0 Å². The number of nitrogens with zero attached hydrogens (tertiary/aromatic N) is 2. The number of hydrogen-bond donors (Lipinski definition) is 1. The van der Waals surface area contributed by atoms with Crippen LogP contribution in [0.3, 0.4) is 0 Å². The minimum Gasteiger partial charge on any atom is -0.322 e. The molecule has 1 aliphatic rings. The van der Waals surface area contributed by atoms with E-state index in [0.717, 1.165) is 5.56 Å². The van der Waals surface area contributed by atoms with Crippen LogP contribution in [-0.2, 0) is 6.42 Å². The summed E-state index contributed by atoms with van der Waals surface area (Å²) in [4.78, 5) is 62.4. The number of non-ortho nitro benzene ring substituents is 1. The van der Waals surface area contributed by atoms with Crippen LogP contribution in [0, 0.1) is 10.1 Å². The van der Waals surface area contributed by atoms with Crippen molar-refractivity contribution in [2.24, 2.45) is 0 Å². The minimum atomic E-state index is -0.493. The number of hydrogen-bond acceptors (Lipinski definition) is 6. The van der Waals surface area contributed by atoms with E-state index in [1.165, 1.54) is 23.1 Å². The first-order valence-electron chi connectivity index (χ1n) is 12.7. The predicted octanol–water partition coefficient (Wildman–Crippen LogP) is 5.58. The molecule has 3 amide bonds. The van der Waals surface area contributed by atoms with Crippen molar-refractivity contribution in [2.45, 2.75) is 6.42 Å². The smallest absolute Gasteiger partial charge is 0.269 e. The Morgan fingerprint density at radius 3 is 2.15 bits per heavy atom. The molecule has 0 radical (unpaired) electrons. The van der Waals surface area contributed by atoms with Gasteiger partial charge in [-0.1, -0.05) is 42.5 Å². The van der Waals surface area contributed by atoms with Gasteiger partial charge in [-0.3, -0.25) is 34.2 Å². The number of nitro benzene ring substituents is 1. The zero-order valence-electron chi connectivity index (χ0n) is 21.7. The van der Waals surface area contributed by atoms with Crippen molar-refractivity contribution in [1.29, 1.82) is 0 Å². The van der Waals surface area contributed by atoms with E-state index < -0.39 is 4.92 Å². The van der Waals surface area contributed by atoms with Gasteiger partial charge in [0.2, 0.25) is 0 Å². The molecule has 1 N–H and O–H groups in total. The molecule has 0 saturated heterocycles. The molecule has 4 aromatic rings. The van der Waals surface area contributed by atoms with Crippen LogP contribution in [-0.4, -0.2) is 39.9 Å². The van der Waals surface area contributed by atoms with Gasteiger partial charge in [0.05, 0.1) is 16.1 Å². The molecule has 0 spiro atoms. The number of amides is 3. The van der Waals surface area contributed by atoms with Crippen LogP contribution in [0.25, 0.3) is 6.08 Å². The van der Waals surface area contributed by atoms with E-state index in [9.17, 15) is 29.3 Å². The summed E-state index contributed by atoms with van der Waals surface area (Å²) in [5, 5.41) is 13.6. The highest BCUT2D eigenvalue weighted by Gasteiger charge is 2.34. The van der Waals surface area contributed by atoms with Crippen molar-refractivity contribution in [3.63, 3.8) is 0 Å². The van der Waals surface area contributed by atoms with Crippen LogP contribution >= 0.6 is 0 Å². The summed E-state index contributed by atoms with van der Waals surface area (Å²) in [5.41, 5.74) is 3.36. The van der Waals surface area contributed by atoms with Crippen LogP contribution in [0.15, 0.2) is 103 Å². The molecule has 9 heteroatoms. The number of ketones is 1. The topological polar surface area (TPSA) is 127 Å². The Morgan fingerprint density at radius 1 is 0.805 bits per heavy atom. The third-order valence-electron chi connectivity index (χ3n) is 6.63. The summed E-state index contributed by atoms with van der Waals surface area (Å²) < 4.78 is 0. The first kappa shape index (κ1) is 26.9. The number of anilines is 1. The molecule has 0 fully saturated rings. The van der Waals surface area contributed by atoms with E-state index in [4.69, 9.17) is 0 Å². The van der Waals surface area contributed by atoms with Crippen molar-refractivity contribution in [1.82, 2.24) is 4.90 Å². The number of imide groups is 1. The fraction of sp³-hybridized carbons (Fsp3) is 0.0625. The lowest BCUT2D eigenvalue weighted by Gasteiger charge is -2.14. The maximum absolute atomic E-state index is 13.0. The SMILES string of the molecule is O=C(/C=C/c1ccc([N+](=O)[O-])cc1)c1cccc(NC(=O)c2cccc(CCN3C(=O)c4ccccc4C3=O)c2)c1. The van der Waals surface area contributed by atoms with Gasteiger partial charge in [0.25, 0.3) is 23.4 Å². The molecule has 41 heavy (non-hydrogen) atoms. The molecule has 1 heterocycles. The second-order valence-corrected chi connectivity index (χ2v) is 9.34. The van der Waals surface area contributed by atoms with Crippen molar-refractivity contribution >= 4 is 41.0 Å². The standard InChI is InChI=1S/C32H23N3O6/c36-29(16-13-21-11-14-26(15-12-21)35(40)41)23-6-4-8-25(20-23)33-30(37)24-7-3-5-22(19-24)17-18-34-31(38)27-9-1-2-10-28(27)32(34)39/h1-16,19-20H,17-18H2,(H,33,37)/b16-13+. The van der Waals surface area contributed by atoms with E-state index in [-0.39, 0.29) is 35.7 Å². The monoisotopic (exact) mass is 545 g/mol. The normalized spacial score (nSPS) is 12.4. The zero-order valence-corrected chi connectivity index (χ0v) is 21.7. The molecule has 202 valence electrons. The van der Waals surface area contributed by atoms with Gasteiger partial charge < -0.3 is 5.32 Å². The molecule has 0 atom stereocenters. The van der Waals surface area contributed by atoms with Crippen molar-refractivity contribution < 1.29 is 24.1 Å². The Morgan fingerprint density at radius 2 is 1.46 bits per heavy atom. The first-order valence-corrected chi connectivity index (χ1v) is 12.7. The quantitative estimate of drug-likeness (QED) is 0.0962. The van der Waals surface area contributed by atoms with Crippen molar-refractivity contribution in [2.75, 3.05) is 11.9 Å². The van der Waals surface area contributed by atoms with Gasteiger partial charge in [-0.2, -0.15) is 0 Å². The first-order chi connectivity index (χ1) is 19.8. The Hall–Kier alpha value is -5.70. The predicted molar refractivity (Wildman–Crippen MR) is 153 cm³/mol. The van der Waals surface area contributed by atoms with Gasteiger partial charge in [-0.25, -0.2) is 0 Å². The Labute approximate surface area is 234 Å². The second-order valence-electron chi connectivity index (χ2n) is 9.34. The van der Waals surface area contributed by atoms with E-state index in [0.29, 0.717) is 39.9 Å². The largest absolute Gasteiger partial charge is 0.322 e. The van der Waals surface area contributed by atoms with Gasteiger partial charge >= 0.3 is 0 Å². The molecule has 0 unspecified atom stereocenters. The van der Waals surface area contributed by atoms with Gasteiger partial charge in [0.15, 0.2) is 5.78 Å². The number of rotatable bonds is 9. The third kappa shape index (κ3) is 5.99. The molecule has 1 aliphatic heterocycles. The fourth-order valence-corrected chi connectivity index (χ4v) is 4.48. The van der Waals surface area contributed by atoms with Crippen molar-refractivity contribution in [3.05, 3.63) is 147 Å². The van der Waals surface area contributed by atoms with Crippen LogP contribution in [0.2, 0.25) is 0 Å². The highest BCUT2D eigenvalue weighted by molar-refractivity contribution is 6.21. The molecule has 0 bridgehead atoms. The summed E-state index contributed by atoms with van der Waals surface area (Å²) in [7, 11) is 0. The number of carbonyl (C=O) groups excluding carboxylic acids is 4. The Balaban J connectivity index is 1.21. The molecule has 4 aromatic carbocycles. The average molecular weight is 546 g/mol. The lowest BCUT2D eigenvalue weighted by molar-refractivity contribution is -0.384. The lowest BCUT2D eigenvalue weighted by atomic mass is 10.1. The number of carbonyl (C=O) groups is 4. The maximum atomic E-state index is 13.0. The van der Waals surface area contributed by atoms with Gasteiger partial charge in [0, 0.05) is 35.5 Å². The Kier molecular flexibility index (Phi) is 7.60. The van der Waals surface area contributed by atoms with Gasteiger partial charge in [0.1, 0.15) is 0 Å². The molecule has 9 nitrogen and oxygen atoms in total. The fourth-order valence-electron chi connectivity index (χ4n) is 4.48. The summed E-state index contributed by atoms with van der Waals surface area (Å²) in [6, 6.07) is 26.0. The van der Waals surface area contributed by atoms with E-state index in [1.54, 1.807) is 84.9 Å². The molecule has 5 rings (SSSR count). The number of fused-ring (bicyclic) bond motifs is 1. The minimum absolute atomic E-state index is 0.0368. The van der Waals surface area contributed by atoms with Gasteiger partial charge in [-0.05, 0) is 72.2 Å². The van der Waals surface area contributed by atoms with E-state index >= 15 is 0 Å². The molecule has 0 aliphatic carbocycles. The number of nitro groups is 1. The number of nitrogens with one attached hydrogen (secondary N) is 1. The summed E-state index contributed by atoms with van der Waals surface area (Å²) in [6.07, 6.45) is 3.31. The summed E-state index contributed by atoms with van der Waals surface area (Å²) in [5.74, 6) is -1.32. The Bertz CT molecular complexity index is 1690. The summed E-state index contributed by atoms with van der Waals surface area (Å²) >= 11 is 0. The van der Waals surface area contributed by atoms with Crippen LogP contribution < -0.4 is 5.32 Å². The molecule has 0 aromatic heterocycles. The zero-order chi connectivity index (χ0) is 28.9. The summed E-state index contributed by atoms with van der Waals surface area (Å²) in [6.45, 7) is 0.189. The van der Waals surface area contributed by atoms with Gasteiger partial charge in [-0.15, -0.1) is 0 Å². The second kappa shape index (κ2) is 11.6. The third-order valence-corrected chi connectivity index (χ3v) is 6.63. The van der Waals surface area contributed by atoms with E-state index in [1.807, 2.05) is 6.07 Å². The van der Waals surface area contributed by atoms with Crippen LogP contribution in [0.1, 0.15) is 52.6 Å². The lowest BCUT2D eigenvalue weighted by Crippen LogP contribution is -2.31. The molecule has 0 saturated carbocycles. The molecular formula is C32H23N3O6.